The van der Waals surface area contributed by atoms with E-state index in [1.54, 1.807) is 18.3 Å². The molecule has 0 unspecified atom stereocenters. The number of pyridine rings is 1. The highest BCUT2D eigenvalue weighted by Crippen LogP contribution is 2.12. The molecule has 0 aliphatic rings. The monoisotopic (exact) mass is 345 g/mol. The predicted molar refractivity (Wildman–Crippen MR) is 99.7 cm³/mol. The molecule has 0 saturated carbocycles. The normalized spacial score (nSPS) is 10.7. The summed E-state index contributed by atoms with van der Waals surface area (Å²) in [7, 11) is 0. The molecule has 0 saturated heterocycles. The third-order valence-electron chi connectivity index (χ3n) is 3.64. The largest absolute Gasteiger partial charge is 0.370 e. The molecule has 1 amide bonds. The van der Waals surface area contributed by atoms with Gasteiger partial charge in [0.15, 0.2) is 0 Å². The first kappa shape index (κ1) is 18.3. The minimum atomic E-state index is -0.0593. The van der Waals surface area contributed by atoms with Crippen LogP contribution in [0.2, 0.25) is 5.02 Å². The van der Waals surface area contributed by atoms with Crippen molar-refractivity contribution in [2.45, 2.75) is 26.7 Å². The minimum absolute atomic E-state index is 0.0593. The average molecular weight is 346 g/mol. The van der Waals surface area contributed by atoms with E-state index in [4.69, 9.17) is 11.6 Å². The van der Waals surface area contributed by atoms with E-state index in [2.05, 4.69) is 29.5 Å². The van der Waals surface area contributed by atoms with Crippen molar-refractivity contribution in [1.29, 1.82) is 0 Å². The van der Waals surface area contributed by atoms with Crippen LogP contribution in [0.1, 0.15) is 36.2 Å². The molecule has 1 aromatic heterocycles. The summed E-state index contributed by atoms with van der Waals surface area (Å²) in [5.41, 5.74) is 1.79. The number of aromatic nitrogens is 1. The van der Waals surface area contributed by atoms with Gasteiger partial charge < -0.3 is 10.6 Å². The van der Waals surface area contributed by atoms with E-state index in [9.17, 15) is 4.79 Å². The van der Waals surface area contributed by atoms with Crippen LogP contribution >= 0.6 is 11.6 Å². The smallest absolute Gasteiger partial charge is 0.251 e. The van der Waals surface area contributed by atoms with Crippen LogP contribution in [-0.4, -0.2) is 24.0 Å². The van der Waals surface area contributed by atoms with Crippen LogP contribution in [0, 0.1) is 5.92 Å². The van der Waals surface area contributed by atoms with Crippen molar-refractivity contribution in [1.82, 2.24) is 10.3 Å². The van der Waals surface area contributed by atoms with Crippen LogP contribution in [0.3, 0.4) is 0 Å². The number of amides is 1. The Morgan fingerprint density at radius 1 is 1.21 bits per heavy atom. The van der Waals surface area contributed by atoms with Crippen molar-refractivity contribution < 1.29 is 4.79 Å². The Hall–Kier alpha value is -2.07. The first-order valence-corrected chi connectivity index (χ1v) is 8.65. The lowest BCUT2D eigenvalue weighted by Gasteiger charge is -2.09. The van der Waals surface area contributed by atoms with Gasteiger partial charge in [0.25, 0.3) is 5.91 Å². The number of benzene rings is 1. The van der Waals surface area contributed by atoms with Crippen molar-refractivity contribution in [3.8, 4) is 0 Å². The molecular weight excluding hydrogens is 322 g/mol. The zero-order valence-corrected chi connectivity index (χ0v) is 14.9. The van der Waals surface area contributed by atoms with Crippen LogP contribution in [0.4, 0.5) is 5.82 Å². The van der Waals surface area contributed by atoms with E-state index in [1.165, 1.54) is 0 Å². The Bertz CT molecular complexity index is 673. The summed E-state index contributed by atoms with van der Waals surface area (Å²) in [6.07, 6.45) is 3.47. The van der Waals surface area contributed by atoms with E-state index in [0.717, 1.165) is 30.0 Å². The van der Waals surface area contributed by atoms with Crippen molar-refractivity contribution in [3.05, 3.63) is 58.7 Å². The van der Waals surface area contributed by atoms with Gasteiger partial charge in [-0.3, -0.25) is 4.79 Å². The molecule has 0 atom stereocenters. The predicted octanol–water partition coefficient (Wildman–Crippen LogP) is 4.17. The molecule has 1 aromatic carbocycles. The Kier molecular flexibility index (Phi) is 7.07. The third-order valence-corrected chi connectivity index (χ3v) is 3.87. The lowest BCUT2D eigenvalue weighted by Crippen LogP contribution is -2.25. The Morgan fingerprint density at radius 3 is 2.79 bits per heavy atom. The number of anilines is 1. The molecule has 2 rings (SSSR count). The molecule has 0 radical (unpaired) electrons. The summed E-state index contributed by atoms with van der Waals surface area (Å²) < 4.78 is 0. The zero-order valence-electron chi connectivity index (χ0n) is 14.2. The summed E-state index contributed by atoms with van der Waals surface area (Å²) in [5, 5.41) is 6.93. The number of rotatable bonds is 8. The summed E-state index contributed by atoms with van der Waals surface area (Å²) in [6.45, 7) is 5.70. The van der Waals surface area contributed by atoms with Gasteiger partial charge in [0.05, 0.1) is 0 Å². The minimum Gasteiger partial charge on any atom is -0.370 e. The van der Waals surface area contributed by atoms with E-state index in [0.29, 0.717) is 23.8 Å². The SMILES string of the molecule is CC(C)CCNC(=O)c1ccnc(NCCc2cccc(Cl)c2)c1. The van der Waals surface area contributed by atoms with Crippen LogP contribution in [0.5, 0.6) is 0 Å². The van der Waals surface area contributed by atoms with Gasteiger partial charge in [0.2, 0.25) is 0 Å². The molecule has 5 heteroatoms. The Labute approximate surface area is 148 Å². The van der Waals surface area contributed by atoms with Gasteiger partial charge in [-0.05, 0) is 48.6 Å². The number of carbonyl (C=O) groups is 1. The van der Waals surface area contributed by atoms with E-state index in [1.807, 2.05) is 24.3 Å². The molecule has 4 nitrogen and oxygen atoms in total. The highest BCUT2D eigenvalue weighted by Gasteiger charge is 2.07. The molecule has 0 bridgehead atoms. The maximum Gasteiger partial charge on any atom is 0.251 e. The van der Waals surface area contributed by atoms with Crippen molar-refractivity contribution in [2.75, 3.05) is 18.4 Å². The fourth-order valence-electron chi connectivity index (χ4n) is 2.27. The highest BCUT2D eigenvalue weighted by molar-refractivity contribution is 6.30. The molecule has 128 valence electrons. The standard InChI is InChI=1S/C19H24ClN3O/c1-14(2)6-9-23-19(24)16-8-11-22-18(13-16)21-10-7-15-4-3-5-17(20)12-15/h3-5,8,11-14H,6-7,9-10H2,1-2H3,(H,21,22)(H,23,24). The van der Waals surface area contributed by atoms with Crippen molar-refractivity contribution in [3.63, 3.8) is 0 Å². The summed E-state index contributed by atoms with van der Waals surface area (Å²) in [5.74, 6) is 1.22. The Balaban J connectivity index is 1.84. The van der Waals surface area contributed by atoms with Gasteiger partial charge in [-0.1, -0.05) is 37.6 Å². The molecule has 0 fully saturated rings. The molecule has 24 heavy (non-hydrogen) atoms. The lowest BCUT2D eigenvalue weighted by molar-refractivity contribution is 0.0952. The summed E-state index contributed by atoms with van der Waals surface area (Å²) in [4.78, 5) is 16.4. The number of nitrogens with zero attached hydrogens (tertiary/aromatic N) is 1. The topological polar surface area (TPSA) is 54.0 Å². The fourth-order valence-corrected chi connectivity index (χ4v) is 2.49. The van der Waals surface area contributed by atoms with Gasteiger partial charge in [0.1, 0.15) is 5.82 Å². The quantitative estimate of drug-likeness (QED) is 0.755. The molecular formula is C19H24ClN3O. The number of hydrogen-bond donors (Lipinski definition) is 2. The van der Waals surface area contributed by atoms with Crippen LogP contribution in [0.25, 0.3) is 0 Å². The van der Waals surface area contributed by atoms with Gasteiger partial charge in [-0.2, -0.15) is 0 Å². The number of nitrogens with one attached hydrogen (secondary N) is 2. The van der Waals surface area contributed by atoms with Crippen LogP contribution in [-0.2, 0) is 6.42 Å². The molecule has 0 aliphatic heterocycles. The number of halogens is 1. The van der Waals surface area contributed by atoms with E-state index < -0.39 is 0 Å². The van der Waals surface area contributed by atoms with E-state index in [-0.39, 0.29) is 5.91 Å². The van der Waals surface area contributed by atoms with Crippen molar-refractivity contribution in [2.24, 2.45) is 5.92 Å². The first-order chi connectivity index (χ1) is 11.5. The van der Waals surface area contributed by atoms with Gasteiger partial charge in [0, 0.05) is 29.9 Å². The Morgan fingerprint density at radius 2 is 2.04 bits per heavy atom. The van der Waals surface area contributed by atoms with Crippen LogP contribution in [0.15, 0.2) is 42.6 Å². The molecule has 1 heterocycles. The number of hydrogen-bond acceptors (Lipinski definition) is 3. The maximum absolute atomic E-state index is 12.1. The maximum atomic E-state index is 12.1. The van der Waals surface area contributed by atoms with Gasteiger partial charge >= 0.3 is 0 Å². The van der Waals surface area contributed by atoms with E-state index >= 15 is 0 Å². The van der Waals surface area contributed by atoms with Gasteiger partial charge in [-0.15, -0.1) is 0 Å². The summed E-state index contributed by atoms with van der Waals surface area (Å²) >= 11 is 5.98. The molecule has 0 spiro atoms. The second-order valence-corrected chi connectivity index (χ2v) is 6.61. The molecule has 2 N–H and O–H groups in total. The van der Waals surface area contributed by atoms with Crippen molar-refractivity contribution >= 4 is 23.3 Å². The average Bonchev–Trinajstić information content (AvgIpc) is 2.55. The number of carbonyl (C=O) groups excluding carboxylic acids is 1. The second-order valence-electron chi connectivity index (χ2n) is 6.17. The lowest BCUT2D eigenvalue weighted by atomic mass is 10.1. The first-order valence-electron chi connectivity index (χ1n) is 8.27. The second kappa shape index (κ2) is 9.28. The molecule has 2 aromatic rings. The summed E-state index contributed by atoms with van der Waals surface area (Å²) in [6, 6.07) is 11.3. The zero-order chi connectivity index (χ0) is 17.4. The highest BCUT2D eigenvalue weighted by atomic mass is 35.5. The fraction of sp³-hybridized carbons (Fsp3) is 0.368. The van der Waals surface area contributed by atoms with Crippen LogP contribution < -0.4 is 10.6 Å². The third kappa shape index (κ3) is 6.20. The molecule has 0 aliphatic carbocycles. The van der Waals surface area contributed by atoms with Gasteiger partial charge in [-0.25, -0.2) is 4.98 Å².